The maximum absolute atomic E-state index is 13.0. The Kier molecular flexibility index (Phi) is 4.43. The standard InChI is InChI=1S/C23H24N4O4S/c28-23(25-22-16-7-1-4-13(16)10-14-5-2-8-17(14)22)27-32(29,30)20-11-18-19(31-20)9-3-6-15-12-24-26-21(15)18/h10-12H,1-9H2,(H,24,26)(H2,25,27,28). The molecule has 3 aliphatic carbocycles. The molecule has 0 radical (unpaired) electrons. The lowest BCUT2D eigenvalue weighted by molar-refractivity contribution is 0.256. The molecule has 0 bridgehead atoms. The van der Waals surface area contributed by atoms with Gasteiger partial charge in [0.1, 0.15) is 5.76 Å². The zero-order valence-electron chi connectivity index (χ0n) is 17.6. The van der Waals surface area contributed by atoms with Gasteiger partial charge in [-0.2, -0.15) is 13.5 Å². The molecule has 166 valence electrons. The molecule has 0 atom stereocenters. The molecular weight excluding hydrogens is 428 g/mol. The number of fused-ring (bicyclic) bond motifs is 5. The van der Waals surface area contributed by atoms with Gasteiger partial charge in [0.25, 0.3) is 10.0 Å². The van der Waals surface area contributed by atoms with E-state index in [1.807, 2.05) is 0 Å². The molecule has 0 fully saturated rings. The van der Waals surface area contributed by atoms with Crippen LogP contribution in [0.2, 0.25) is 0 Å². The van der Waals surface area contributed by atoms with Crippen LogP contribution in [0.5, 0.6) is 0 Å². The number of nitrogens with zero attached hydrogens (tertiary/aromatic N) is 1. The van der Waals surface area contributed by atoms with Crippen LogP contribution in [0, 0.1) is 0 Å². The van der Waals surface area contributed by atoms with Crippen LogP contribution < -0.4 is 10.0 Å². The summed E-state index contributed by atoms with van der Waals surface area (Å²) in [6.07, 6.45) is 10.0. The molecule has 2 amide bonds. The predicted molar refractivity (Wildman–Crippen MR) is 118 cm³/mol. The molecule has 6 rings (SSSR count). The van der Waals surface area contributed by atoms with E-state index >= 15 is 0 Å². The Morgan fingerprint density at radius 2 is 1.62 bits per heavy atom. The van der Waals surface area contributed by atoms with Crippen molar-refractivity contribution in [2.24, 2.45) is 0 Å². The number of carbonyl (C=O) groups excluding carboxylic acids is 1. The van der Waals surface area contributed by atoms with Crippen molar-refractivity contribution in [1.29, 1.82) is 0 Å². The molecule has 3 N–H and O–H groups in total. The Labute approximate surface area is 185 Å². The summed E-state index contributed by atoms with van der Waals surface area (Å²) in [7, 11) is -4.16. The maximum Gasteiger partial charge on any atom is 0.333 e. The van der Waals surface area contributed by atoms with Crippen LogP contribution >= 0.6 is 0 Å². The van der Waals surface area contributed by atoms with Crippen molar-refractivity contribution in [2.45, 2.75) is 62.9 Å². The second-order valence-electron chi connectivity index (χ2n) is 8.82. The molecule has 0 aliphatic heterocycles. The smallest absolute Gasteiger partial charge is 0.333 e. The highest BCUT2D eigenvalue weighted by atomic mass is 32.2. The van der Waals surface area contributed by atoms with Crippen LogP contribution in [0.4, 0.5) is 10.5 Å². The Bertz CT molecular complexity index is 1320. The summed E-state index contributed by atoms with van der Waals surface area (Å²) in [5.74, 6) is 0.590. The summed E-state index contributed by atoms with van der Waals surface area (Å²) < 4.78 is 33.8. The Morgan fingerprint density at radius 1 is 0.938 bits per heavy atom. The number of rotatable bonds is 3. The molecule has 8 nitrogen and oxygen atoms in total. The van der Waals surface area contributed by atoms with Gasteiger partial charge in [0.2, 0.25) is 5.09 Å². The highest BCUT2D eigenvalue weighted by Crippen LogP contribution is 2.39. The van der Waals surface area contributed by atoms with Crippen LogP contribution in [0.25, 0.3) is 11.3 Å². The largest absolute Gasteiger partial charge is 0.447 e. The molecule has 2 heterocycles. The van der Waals surface area contributed by atoms with Crippen molar-refractivity contribution in [3.05, 3.63) is 51.9 Å². The molecular formula is C23H24N4O4S. The number of aryl methyl sites for hydroxylation is 4. The predicted octanol–water partition coefficient (Wildman–Crippen LogP) is 3.65. The van der Waals surface area contributed by atoms with Gasteiger partial charge < -0.3 is 9.73 Å². The quantitative estimate of drug-likeness (QED) is 0.561. The van der Waals surface area contributed by atoms with Gasteiger partial charge in [-0.15, -0.1) is 0 Å². The van der Waals surface area contributed by atoms with E-state index in [4.69, 9.17) is 4.42 Å². The van der Waals surface area contributed by atoms with E-state index in [0.29, 0.717) is 17.7 Å². The number of aromatic nitrogens is 2. The van der Waals surface area contributed by atoms with Gasteiger partial charge in [-0.25, -0.2) is 9.52 Å². The van der Waals surface area contributed by atoms with Crippen molar-refractivity contribution in [3.8, 4) is 11.3 Å². The fourth-order valence-electron chi connectivity index (χ4n) is 5.39. The summed E-state index contributed by atoms with van der Waals surface area (Å²) in [6.45, 7) is 0. The number of hydrogen-bond acceptors (Lipinski definition) is 5. The first kappa shape index (κ1) is 19.6. The van der Waals surface area contributed by atoms with Gasteiger partial charge in [-0.3, -0.25) is 5.10 Å². The van der Waals surface area contributed by atoms with Crippen molar-refractivity contribution in [3.63, 3.8) is 0 Å². The minimum atomic E-state index is -4.16. The monoisotopic (exact) mass is 452 g/mol. The third-order valence-corrected chi connectivity index (χ3v) is 8.01. The Balaban J connectivity index is 1.28. The van der Waals surface area contributed by atoms with Gasteiger partial charge in [0.05, 0.1) is 11.9 Å². The number of hydrogen-bond donors (Lipinski definition) is 3. The minimum Gasteiger partial charge on any atom is -0.447 e. The Morgan fingerprint density at radius 3 is 2.38 bits per heavy atom. The van der Waals surface area contributed by atoms with Gasteiger partial charge in [0, 0.05) is 23.7 Å². The molecule has 3 aliphatic rings. The average Bonchev–Trinajstić information content (AvgIpc) is 3.53. The SMILES string of the molecule is O=C(Nc1c2c(cc3c1CCC3)CCC2)NS(=O)(=O)c1cc2c(o1)CCCc1cn[nH]c1-2. The Hall–Kier alpha value is -3.07. The number of aromatic amines is 1. The second-order valence-corrected chi connectivity index (χ2v) is 10.4. The lowest BCUT2D eigenvalue weighted by Gasteiger charge is -2.16. The minimum absolute atomic E-state index is 0.261. The highest BCUT2D eigenvalue weighted by Gasteiger charge is 2.29. The van der Waals surface area contributed by atoms with E-state index in [1.165, 1.54) is 17.2 Å². The number of nitrogens with one attached hydrogen (secondary N) is 3. The fourth-order valence-corrected chi connectivity index (χ4v) is 6.26. The summed E-state index contributed by atoms with van der Waals surface area (Å²) in [6, 6.07) is 2.99. The first-order valence-electron chi connectivity index (χ1n) is 11.2. The number of sulfonamides is 1. The topological polar surface area (TPSA) is 117 Å². The number of furan rings is 1. The molecule has 0 saturated carbocycles. The van der Waals surface area contributed by atoms with E-state index < -0.39 is 16.1 Å². The normalized spacial score (nSPS) is 16.6. The lowest BCUT2D eigenvalue weighted by Crippen LogP contribution is -2.34. The number of amides is 2. The van der Waals surface area contributed by atoms with E-state index in [-0.39, 0.29) is 5.09 Å². The van der Waals surface area contributed by atoms with Gasteiger partial charge in [-0.05, 0) is 79.2 Å². The third-order valence-electron chi connectivity index (χ3n) is 6.83. The molecule has 9 heteroatoms. The molecule has 2 aromatic heterocycles. The van der Waals surface area contributed by atoms with Crippen molar-refractivity contribution in [1.82, 2.24) is 14.9 Å². The van der Waals surface area contributed by atoms with E-state index in [2.05, 4.69) is 26.3 Å². The second kappa shape index (κ2) is 7.23. The summed E-state index contributed by atoms with van der Waals surface area (Å²) >= 11 is 0. The van der Waals surface area contributed by atoms with Crippen LogP contribution in [-0.2, 0) is 48.5 Å². The van der Waals surface area contributed by atoms with Crippen molar-refractivity contribution < 1.29 is 17.6 Å². The zero-order chi connectivity index (χ0) is 21.9. The first-order valence-corrected chi connectivity index (χ1v) is 12.6. The molecule has 0 spiro atoms. The highest BCUT2D eigenvalue weighted by molar-refractivity contribution is 7.90. The summed E-state index contributed by atoms with van der Waals surface area (Å²) in [5.41, 5.74) is 8.15. The molecule has 32 heavy (non-hydrogen) atoms. The van der Waals surface area contributed by atoms with Crippen LogP contribution in [0.15, 0.2) is 27.8 Å². The van der Waals surface area contributed by atoms with Crippen molar-refractivity contribution >= 4 is 21.7 Å². The lowest BCUT2D eigenvalue weighted by atomic mass is 9.99. The van der Waals surface area contributed by atoms with Crippen LogP contribution in [-0.4, -0.2) is 24.6 Å². The van der Waals surface area contributed by atoms with Crippen LogP contribution in [0.3, 0.4) is 0 Å². The van der Waals surface area contributed by atoms with Crippen LogP contribution in [0.1, 0.15) is 52.8 Å². The van der Waals surface area contributed by atoms with Gasteiger partial charge >= 0.3 is 6.03 Å². The molecule has 0 saturated heterocycles. The third kappa shape index (κ3) is 3.14. The van der Waals surface area contributed by atoms with Crippen molar-refractivity contribution in [2.75, 3.05) is 5.32 Å². The maximum atomic E-state index is 13.0. The fraction of sp³-hybridized carbons (Fsp3) is 0.391. The van der Waals surface area contributed by atoms with Gasteiger partial charge in [0.15, 0.2) is 0 Å². The first-order chi connectivity index (χ1) is 15.5. The number of urea groups is 1. The number of carbonyl (C=O) groups is 1. The molecule has 3 aromatic rings. The number of H-pyrrole nitrogens is 1. The summed E-state index contributed by atoms with van der Waals surface area (Å²) in [4.78, 5) is 12.8. The average molecular weight is 453 g/mol. The zero-order valence-corrected chi connectivity index (χ0v) is 18.4. The number of anilines is 1. The van der Waals surface area contributed by atoms with E-state index in [1.54, 1.807) is 6.20 Å². The van der Waals surface area contributed by atoms with Gasteiger partial charge in [-0.1, -0.05) is 6.07 Å². The number of benzene rings is 1. The molecule has 1 aromatic carbocycles. The van der Waals surface area contributed by atoms with E-state index in [0.717, 1.165) is 79.4 Å². The molecule has 0 unspecified atom stereocenters. The van der Waals surface area contributed by atoms with E-state index in [9.17, 15) is 13.2 Å². The summed E-state index contributed by atoms with van der Waals surface area (Å²) in [5, 5.41) is 9.61.